The van der Waals surface area contributed by atoms with E-state index in [1.807, 2.05) is 0 Å². The number of halogens is 1. The molecule has 0 bridgehead atoms. The average molecular weight is 413 g/mol. The standard InChI is InChI=1S/C21H20FN3O5/c1-28-14-5-7-17(19(11-14)30-3)23-20(26)12-25-21(27)9-8-16(24-25)15-6-4-13(22)10-18(15)29-2/h4-11H,12H2,1-3H3,(H,23,26). The van der Waals surface area contributed by atoms with Crippen LogP contribution >= 0.6 is 0 Å². The summed E-state index contributed by atoms with van der Waals surface area (Å²) in [4.78, 5) is 24.7. The summed E-state index contributed by atoms with van der Waals surface area (Å²) in [7, 11) is 4.40. The summed E-state index contributed by atoms with van der Waals surface area (Å²) in [6, 6.07) is 11.7. The van der Waals surface area contributed by atoms with Crippen LogP contribution in [-0.4, -0.2) is 37.0 Å². The van der Waals surface area contributed by atoms with Crippen molar-refractivity contribution in [3.05, 3.63) is 64.7 Å². The van der Waals surface area contributed by atoms with Gasteiger partial charge in [0.05, 0.1) is 32.7 Å². The third-order valence-electron chi connectivity index (χ3n) is 4.28. The van der Waals surface area contributed by atoms with E-state index in [1.54, 1.807) is 18.2 Å². The van der Waals surface area contributed by atoms with Crippen LogP contribution in [0.15, 0.2) is 53.3 Å². The first kappa shape index (κ1) is 20.8. The van der Waals surface area contributed by atoms with Crippen molar-refractivity contribution in [3.8, 4) is 28.5 Å². The average Bonchev–Trinajstić information content (AvgIpc) is 2.75. The number of amides is 1. The molecular formula is C21H20FN3O5. The van der Waals surface area contributed by atoms with Gasteiger partial charge in [-0.05, 0) is 30.3 Å². The molecule has 9 heteroatoms. The number of hydrogen-bond donors (Lipinski definition) is 1. The molecule has 0 atom stereocenters. The molecule has 0 aliphatic heterocycles. The monoisotopic (exact) mass is 413 g/mol. The van der Waals surface area contributed by atoms with Crippen LogP contribution < -0.4 is 25.1 Å². The molecule has 1 amide bonds. The first-order valence-corrected chi connectivity index (χ1v) is 8.89. The van der Waals surface area contributed by atoms with E-state index in [-0.39, 0.29) is 12.3 Å². The van der Waals surface area contributed by atoms with Gasteiger partial charge in [0, 0.05) is 23.8 Å². The molecular weight excluding hydrogens is 393 g/mol. The number of carbonyl (C=O) groups excluding carboxylic acids is 1. The van der Waals surface area contributed by atoms with Gasteiger partial charge in [-0.25, -0.2) is 9.07 Å². The van der Waals surface area contributed by atoms with Gasteiger partial charge in [-0.3, -0.25) is 9.59 Å². The Kier molecular flexibility index (Phi) is 6.31. The highest BCUT2D eigenvalue weighted by molar-refractivity contribution is 5.92. The number of nitrogens with zero attached hydrogens (tertiary/aromatic N) is 2. The second kappa shape index (κ2) is 9.08. The van der Waals surface area contributed by atoms with Crippen molar-refractivity contribution < 1.29 is 23.4 Å². The Hall–Kier alpha value is -3.88. The largest absolute Gasteiger partial charge is 0.497 e. The molecule has 30 heavy (non-hydrogen) atoms. The van der Waals surface area contributed by atoms with Gasteiger partial charge >= 0.3 is 0 Å². The smallest absolute Gasteiger partial charge is 0.267 e. The van der Waals surface area contributed by atoms with Crippen molar-refractivity contribution in [2.45, 2.75) is 6.54 Å². The maximum atomic E-state index is 13.5. The topological polar surface area (TPSA) is 91.7 Å². The van der Waals surface area contributed by atoms with Crippen LogP contribution in [0.2, 0.25) is 0 Å². The second-order valence-corrected chi connectivity index (χ2v) is 6.17. The minimum absolute atomic E-state index is 0.264. The maximum Gasteiger partial charge on any atom is 0.267 e. The number of aromatic nitrogens is 2. The summed E-state index contributed by atoms with van der Waals surface area (Å²) in [5, 5.41) is 6.91. The molecule has 156 valence electrons. The molecule has 0 aliphatic carbocycles. The molecule has 0 unspecified atom stereocenters. The summed E-state index contributed by atoms with van der Waals surface area (Å²) in [6.07, 6.45) is 0. The molecule has 0 aliphatic rings. The van der Waals surface area contributed by atoms with Crippen molar-refractivity contribution in [1.29, 1.82) is 0 Å². The van der Waals surface area contributed by atoms with E-state index in [4.69, 9.17) is 14.2 Å². The van der Waals surface area contributed by atoms with E-state index >= 15 is 0 Å². The van der Waals surface area contributed by atoms with Gasteiger partial charge < -0.3 is 19.5 Å². The summed E-state index contributed by atoms with van der Waals surface area (Å²) in [5.74, 6) is 0.310. The third-order valence-corrected chi connectivity index (χ3v) is 4.28. The minimum atomic E-state index is -0.476. The molecule has 1 heterocycles. The number of nitrogens with one attached hydrogen (secondary N) is 1. The predicted molar refractivity (Wildman–Crippen MR) is 109 cm³/mol. The van der Waals surface area contributed by atoms with Gasteiger partial charge in [0.1, 0.15) is 29.6 Å². The van der Waals surface area contributed by atoms with Gasteiger partial charge in [-0.1, -0.05) is 0 Å². The first-order chi connectivity index (χ1) is 14.4. The number of methoxy groups -OCH3 is 3. The molecule has 3 aromatic rings. The molecule has 3 rings (SSSR count). The van der Waals surface area contributed by atoms with Crippen LogP contribution in [0.3, 0.4) is 0 Å². The van der Waals surface area contributed by atoms with Crippen molar-refractivity contribution in [2.24, 2.45) is 0 Å². The predicted octanol–water partition coefficient (Wildman–Crippen LogP) is 2.71. The van der Waals surface area contributed by atoms with Crippen molar-refractivity contribution in [2.75, 3.05) is 26.6 Å². The van der Waals surface area contributed by atoms with E-state index in [2.05, 4.69) is 10.4 Å². The lowest BCUT2D eigenvalue weighted by atomic mass is 10.1. The van der Waals surface area contributed by atoms with E-state index in [0.717, 1.165) is 4.68 Å². The number of anilines is 1. The zero-order valence-corrected chi connectivity index (χ0v) is 16.6. The highest BCUT2D eigenvalue weighted by Gasteiger charge is 2.14. The summed E-state index contributed by atoms with van der Waals surface area (Å²) >= 11 is 0. The Morgan fingerprint density at radius 3 is 2.47 bits per heavy atom. The maximum absolute atomic E-state index is 13.5. The molecule has 0 fully saturated rings. The summed E-state index contributed by atoms with van der Waals surface area (Å²) in [6.45, 7) is -0.328. The van der Waals surface area contributed by atoms with Crippen molar-refractivity contribution in [3.63, 3.8) is 0 Å². The molecule has 1 N–H and O–H groups in total. The zero-order valence-electron chi connectivity index (χ0n) is 16.6. The number of carbonyl (C=O) groups is 1. The second-order valence-electron chi connectivity index (χ2n) is 6.17. The lowest BCUT2D eigenvalue weighted by molar-refractivity contribution is -0.117. The van der Waals surface area contributed by atoms with Crippen LogP contribution in [0, 0.1) is 5.82 Å². The highest BCUT2D eigenvalue weighted by atomic mass is 19.1. The number of benzene rings is 2. The Morgan fingerprint density at radius 1 is 1.00 bits per heavy atom. The zero-order chi connectivity index (χ0) is 21.7. The summed E-state index contributed by atoms with van der Waals surface area (Å²) < 4.78 is 30.0. The fourth-order valence-electron chi connectivity index (χ4n) is 2.81. The number of hydrogen-bond acceptors (Lipinski definition) is 6. The van der Waals surface area contributed by atoms with Crippen molar-refractivity contribution in [1.82, 2.24) is 9.78 Å². The van der Waals surface area contributed by atoms with Gasteiger partial charge in [0.15, 0.2) is 0 Å². The van der Waals surface area contributed by atoms with Crippen LogP contribution in [0.1, 0.15) is 0 Å². The van der Waals surface area contributed by atoms with Gasteiger partial charge in [0.25, 0.3) is 5.56 Å². The minimum Gasteiger partial charge on any atom is -0.497 e. The Balaban J connectivity index is 1.85. The Bertz CT molecular complexity index is 1130. The SMILES string of the molecule is COc1ccc(NC(=O)Cn2nc(-c3ccc(F)cc3OC)ccc2=O)c(OC)c1. The van der Waals surface area contributed by atoms with Crippen LogP contribution in [0.4, 0.5) is 10.1 Å². The molecule has 0 saturated carbocycles. The third kappa shape index (κ3) is 4.57. The number of ether oxygens (including phenoxy) is 3. The fourth-order valence-corrected chi connectivity index (χ4v) is 2.81. The lowest BCUT2D eigenvalue weighted by Crippen LogP contribution is -2.29. The Morgan fingerprint density at radius 2 is 1.77 bits per heavy atom. The molecule has 1 aromatic heterocycles. The molecule has 0 saturated heterocycles. The van der Waals surface area contributed by atoms with E-state index in [9.17, 15) is 14.0 Å². The van der Waals surface area contributed by atoms with Crippen LogP contribution in [0.5, 0.6) is 17.2 Å². The molecule has 0 spiro atoms. The fraction of sp³-hybridized carbons (Fsp3) is 0.190. The first-order valence-electron chi connectivity index (χ1n) is 8.89. The van der Waals surface area contributed by atoms with Gasteiger partial charge in [-0.2, -0.15) is 5.10 Å². The van der Waals surface area contributed by atoms with E-state index < -0.39 is 17.3 Å². The summed E-state index contributed by atoms with van der Waals surface area (Å²) in [5.41, 5.74) is 0.815. The van der Waals surface area contributed by atoms with Gasteiger partial charge in [0.2, 0.25) is 5.91 Å². The van der Waals surface area contributed by atoms with Gasteiger partial charge in [-0.15, -0.1) is 0 Å². The normalized spacial score (nSPS) is 10.4. The molecule has 0 radical (unpaired) electrons. The van der Waals surface area contributed by atoms with E-state index in [0.29, 0.717) is 28.4 Å². The highest BCUT2D eigenvalue weighted by Crippen LogP contribution is 2.30. The lowest BCUT2D eigenvalue weighted by Gasteiger charge is -2.13. The molecule has 2 aromatic carbocycles. The number of rotatable bonds is 7. The quantitative estimate of drug-likeness (QED) is 0.640. The van der Waals surface area contributed by atoms with Crippen LogP contribution in [-0.2, 0) is 11.3 Å². The molecule has 8 nitrogen and oxygen atoms in total. The van der Waals surface area contributed by atoms with E-state index in [1.165, 1.54) is 51.7 Å². The van der Waals surface area contributed by atoms with Crippen molar-refractivity contribution >= 4 is 11.6 Å². The van der Waals surface area contributed by atoms with Crippen LogP contribution in [0.25, 0.3) is 11.3 Å². The Labute approximate surface area is 171 Å².